The van der Waals surface area contributed by atoms with Crippen molar-refractivity contribution >= 4 is 0 Å². The summed E-state index contributed by atoms with van der Waals surface area (Å²) in [6.07, 6.45) is 4.44. The van der Waals surface area contributed by atoms with Gasteiger partial charge >= 0.3 is 0 Å². The summed E-state index contributed by atoms with van der Waals surface area (Å²) in [7, 11) is 2.25. The van der Waals surface area contributed by atoms with Crippen LogP contribution < -0.4 is 0 Å². The average molecular weight is 181 g/mol. The molecule has 0 amide bonds. The van der Waals surface area contributed by atoms with Crippen molar-refractivity contribution in [1.82, 2.24) is 4.90 Å². The quantitative estimate of drug-likeness (QED) is 0.555. The van der Waals surface area contributed by atoms with E-state index in [0.717, 1.165) is 11.3 Å². The van der Waals surface area contributed by atoms with Crippen molar-refractivity contribution in [3.05, 3.63) is 0 Å². The molecule has 1 spiro atoms. The molecule has 1 atom stereocenters. The van der Waals surface area contributed by atoms with Gasteiger partial charge in [-0.1, -0.05) is 20.8 Å². The summed E-state index contributed by atoms with van der Waals surface area (Å²) in [4.78, 5) is 2.46. The molecule has 0 unspecified atom stereocenters. The molecule has 0 radical (unpaired) electrons. The molecule has 0 aromatic carbocycles. The van der Waals surface area contributed by atoms with Gasteiger partial charge in [0.25, 0.3) is 0 Å². The van der Waals surface area contributed by atoms with E-state index in [2.05, 4.69) is 32.7 Å². The summed E-state index contributed by atoms with van der Waals surface area (Å²) < 4.78 is 0. The Morgan fingerprint density at radius 3 is 2.23 bits per heavy atom. The molecule has 1 nitrogen and oxygen atoms in total. The van der Waals surface area contributed by atoms with Gasteiger partial charge in [-0.3, -0.25) is 0 Å². The summed E-state index contributed by atoms with van der Waals surface area (Å²) >= 11 is 0. The van der Waals surface area contributed by atoms with Crippen LogP contribution in [0.2, 0.25) is 0 Å². The smallest absolute Gasteiger partial charge is 0.00475 e. The Hall–Kier alpha value is -0.0400. The van der Waals surface area contributed by atoms with Gasteiger partial charge in [0.1, 0.15) is 0 Å². The van der Waals surface area contributed by atoms with E-state index in [0.29, 0.717) is 5.41 Å². The second-order valence-corrected chi connectivity index (χ2v) is 6.48. The van der Waals surface area contributed by atoms with E-state index < -0.39 is 0 Å². The van der Waals surface area contributed by atoms with E-state index in [1.54, 1.807) is 0 Å². The van der Waals surface area contributed by atoms with E-state index in [1.165, 1.54) is 32.4 Å². The van der Waals surface area contributed by atoms with E-state index in [4.69, 9.17) is 0 Å². The summed E-state index contributed by atoms with van der Waals surface area (Å²) in [5.41, 5.74) is 1.28. The van der Waals surface area contributed by atoms with Gasteiger partial charge in [-0.05, 0) is 43.1 Å². The van der Waals surface area contributed by atoms with Gasteiger partial charge in [-0.25, -0.2) is 0 Å². The molecule has 76 valence electrons. The van der Waals surface area contributed by atoms with Crippen LogP contribution in [-0.2, 0) is 0 Å². The molecule has 0 bridgehead atoms. The lowest BCUT2D eigenvalue weighted by Crippen LogP contribution is -2.52. The summed E-state index contributed by atoms with van der Waals surface area (Å²) in [5.74, 6) is 0.973. The summed E-state index contributed by atoms with van der Waals surface area (Å²) in [6.45, 7) is 9.93. The lowest BCUT2D eigenvalue weighted by molar-refractivity contribution is 0.0195. The van der Waals surface area contributed by atoms with Crippen LogP contribution in [0.4, 0.5) is 0 Å². The fourth-order valence-electron chi connectivity index (χ4n) is 3.33. The zero-order valence-electron chi connectivity index (χ0n) is 9.56. The van der Waals surface area contributed by atoms with Crippen molar-refractivity contribution in [2.75, 3.05) is 20.1 Å². The average Bonchev–Trinajstić information content (AvgIpc) is 2.29. The standard InChI is InChI=1S/C12H23N/c1-11(2,3)10-5-6-12(7-10)8-13(4)9-12/h10H,5-9H2,1-4H3/t10-/m1/s1. The first-order valence-electron chi connectivity index (χ1n) is 5.60. The fraction of sp³-hybridized carbons (Fsp3) is 1.00. The first-order valence-corrected chi connectivity index (χ1v) is 5.60. The highest BCUT2D eigenvalue weighted by atomic mass is 15.2. The molecule has 2 rings (SSSR count). The van der Waals surface area contributed by atoms with Crippen molar-refractivity contribution in [2.45, 2.75) is 40.0 Å². The fourth-order valence-corrected chi connectivity index (χ4v) is 3.33. The molecule has 2 aliphatic rings. The van der Waals surface area contributed by atoms with Crippen LogP contribution in [0.15, 0.2) is 0 Å². The molecule has 0 aromatic rings. The monoisotopic (exact) mass is 181 g/mol. The van der Waals surface area contributed by atoms with Crippen LogP contribution in [0.3, 0.4) is 0 Å². The molecular formula is C12H23N. The van der Waals surface area contributed by atoms with Gasteiger partial charge in [-0.2, -0.15) is 0 Å². The molecule has 1 saturated heterocycles. The Labute approximate surface area is 82.5 Å². The SMILES string of the molecule is CN1CC2(CC[C@@H](C(C)(C)C)C2)C1. The Morgan fingerprint density at radius 1 is 1.23 bits per heavy atom. The van der Waals surface area contributed by atoms with Crippen molar-refractivity contribution < 1.29 is 0 Å². The van der Waals surface area contributed by atoms with Crippen LogP contribution in [0.1, 0.15) is 40.0 Å². The first-order chi connectivity index (χ1) is 5.91. The van der Waals surface area contributed by atoms with E-state index in [1.807, 2.05) is 0 Å². The van der Waals surface area contributed by atoms with Crippen molar-refractivity contribution in [3.8, 4) is 0 Å². The molecule has 1 heteroatoms. The predicted molar refractivity (Wildman–Crippen MR) is 56.7 cm³/mol. The van der Waals surface area contributed by atoms with Crippen LogP contribution >= 0.6 is 0 Å². The van der Waals surface area contributed by atoms with Gasteiger partial charge in [0.15, 0.2) is 0 Å². The third-order valence-corrected chi connectivity index (χ3v) is 4.14. The number of likely N-dealkylation sites (tertiary alicyclic amines) is 1. The zero-order valence-corrected chi connectivity index (χ0v) is 9.56. The van der Waals surface area contributed by atoms with Gasteiger partial charge in [0, 0.05) is 13.1 Å². The predicted octanol–water partition coefficient (Wildman–Crippen LogP) is 2.76. The van der Waals surface area contributed by atoms with Crippen LogP contribution in [0, 0.1) is 16.7 Å². The van der Waals surface area contributed by atoms with E-state index >= 15 is 0 Å². The van der Waals surface area contributed by atoms with Gasteiger partial charge < -0.3 is 4.90 Å². The number of hydrogen-bond acceptors (Lipinski definition) is 1. The van der Waals surface area contributed by atoms with E-state index in [-0.39, 0.29) is 0 Å². The normalized spacial score (nSPS) is 33.7. The molecule has 1 aliphatic heterocycles. The number of hydrogen-bond donors (Lipinski definition) is 0. The maximum Gasteiger partial charge on any atom is 0.00475 e. The summed E-state index contributed by atoms with van der Waals surface area (Å²) in [5, 5.41) is 0. The second kappa shape index (κ2) is 2.73. The highest BCUT2D eigenvalue weighted by molar-refractivity contribution is 5.01. The van der Waals surface area contributed by atoms with Crippen molar-refractivity contribution in [1.29, 1.82) is 0 Å². The lowest BCUT2D eigenvalue weighted by atomic mass is 9.73. The van der Waals surface area contributed by atoms with Gasteiger partial charge in [0.05, 0.1) is 0 Å². The third-order valence-electron chi connectivity index (χ3n) is 4.14. The van der Waals surface area contributed by atoms with Gasteiger partial charge in [-0.15, -0.1) is 0 Å². The highest BCUT2D eigenvalue weighted by Crippen LogP contribution is 2.52. The molecular weight excluding hydrogens is 158 g/mol. The van der Waals surface area contributed by atoms with Gasteiger partial charge in [0.2, 0.25) is 0 Å². The second-order valence-electron chi connectivity index (χ2n) is 6.48. The Balaban J connectivity index is 1.95. The summed E-state index contributed by atoms with van der Waals surface area (Å²) in [6, 6.07) is 0. The minimum absolute atomic E-state index is 0.539. The first kappa shape index (κ1) is 9.51. The van der Waals surface area contributed by atoms with Crippen LogP contribution in [0.25, 0.3) is 0 Å². The lowest BCUT2D eigenvalue weighted by Gasteiger charge is -2.47. The molecule has 1 heterocycles. The maximum absolute atomic E-state index is 2.46. The van der Waals surface area contributed by atoms with Crippen LogP contribution in [-0.4, -0.2) is 25.0 Å². The Bertz CT molecular complexity index is 196. The molecule has 0 aromatic heterocycles. The third kappa shape index (κ3) is 1.63. The maximum atomic E-state index is 2.46. The molecule has 0 N–H and O–H groups in total. The highest BCUT2D eigenvalue weighted by Gasteiger charge is 2.48. The van der Waals surface area contributed by atoms with Crippen molar-refractivity contribution in [2.24, 2.45) is 16.7 Å². The number of nitrogens with zero attached hydrogens (tertiary/aromatic N) is 1. The minimum Gasteiger partial charge on any atom is -0.305 e. The Morgan fingerprint density at radius 2 is 1.85 bits per heavy atom. The zero-order chi connectivity index (χ0) is 9.69. The largest absolute Gasteiger partial charge is 0.305 e. The topological polar surface area (TPSA) is 3.24 Å². The molecule has 1 saturated carbocycles. The minimum atomic E-state index is 0.539. The molecule has 1 aliphatic carbocycles. The number of rotatable bonds is 0. The van der Waals surface area contributed by atoms with Crippen molar-refractivity contribution in [3.63, 3.8) is 0 Å². The Kier molecular flexibility index (Phi) is 1.99. The molecule has 13 heavy (non-hydrogen) atoms. The molecule has 2 fully saturated rings. The van der Waals surface area contributed by atoms with E-state index in [9.17, 15) is 0 Å². The van der Waals surface area contributed by atoms with Crippen LogP contribution in [0.5, 0.6) is 0 Å².